The van der Waals surface area contributed by atoms with Gasteiger partial charge in [0.15, 0.2) is 0 Å². The molecular formula is C9H12ClN3OS. The SMILES string of the molecule is O=C(Nc1csc(Cl)c1)N1CCNCC1. The van der Waals surface area contributed by atoms with E-state index in [-0.39, 0.29) is 6.03 Å². The van der Waals surface area contributed by atoms with Gasteiger partial charge in [0.05, 0.1) is 10.0 Å². The van der Waals surface area contributed by atoms with E-state index in [1.165, 1.54) is 11.3 Å². The summed E-state index contributed by atoms with van der Waals surface area (Å²) >= 11 is 7.19. The number of hydrogen-bond acceptors (Lipinski definition) is 3. The van der Waals surface area contributed by atoms with Crippen molar-refractivity contribution in [3.05, 3.63) is 15.8 Å². The van der Waals surface area contributed by atoms with Crippen molar-refractivity contribution in [3.63, 3.8) is 0 Å². The highest BCUT2D eigenvalue weighted by molar-refractivity contribution is 7.14. The smallest absolute Gasteiger partial charge is 0.321 e. The Balaban J connectivity index is 1.91. The number of piperazine rings is 1. The summed E-state index contributed by atoms with van der Waals surface area (Å²) in [6, 6.07) is 1.71. The van der Waals surface area contributed by atoms with Crippen molar-refractivity contribution in [2.24, 2.45) is 0 Å². The maximum atomic E-state index is 11.7. The standard InChI is InChI=1S/C9H12ClN3OS/c10-8-5-7(6-15-8)12-9(14)13-3-1-11-2-4-13/h5-6,11H,1-4H2,(H,12,14). The molecule has 4 nitrogen and oxygen atoms in total. The van der Waals surface area contributed by atoms with E-state index < -0.39 is 0 Å². The molecule has 0 aliphatic carbocycles. The van der Waals surface area contributed by atoms with Crippen LogP contribution in [0.2, 0.25) is 4.34 Å². The molecule has 1 aliphatic rings. The highest BCUT2D eigenvalue weighted by atomic mass is 35.5. The van der Waals surface area contributed by atoms with E-state index in [0.717, 1.165) is 31.9 Å². The van der Waals surface area contributed by atoms with E-state index in [1.54, 1.807) is 11.0 Å². The Morgan fingerprint density at radius 1 is 1.53 bits per heavy atom. The fraction of sp³-hybridized carbons (Fsp3) is 0.444. The number of nitrogens with zero attached hydrogens (tertiary/aromatic N) is 1. The van der Waals surface area contributed by atoms with Crippen molar-refractivity contribution in [2.75, 3.05) is 31.5 Å². The first kappa shape index (κ1) is 10.7. The predicted molar refractivity (Wildman–Crippen MR) is 62.8 cm³/mol. The number of halogens is 1. The van der Waals surface area contributed by atoms with E-state index in [2.05, 4.69) is 10.6 Å². The Morgan fingerprint density at radius 2 is 2.27 bits per heavy atom. The van der Waals surface area contributed by atoms with Crippen LogP contribution in [0.5, 0.6) is 0 Å². The lowest BCUT2D eigenvalue weighted by molar-refractivity contribution is 0.204. The Morgan fingerprint density at radius 3 is 2.87 bits per heavy atom. The van der Waals surface area contributed by atoms with E-state index in [4.69, 9.17) is 11.6 Å². The van der Waals surface area contributed by atoms with E-state index >= 15 is 0 Å². The van der Waals surface area contributed by atoms with Crippen molar-refractivity contribution in [2.45, 2.75) is 0 Å². The van der Waals surface area contributed by atoms with Crippen molar-refractivity contribution < 1.29 is 4.79 Å². The summed E-state index contributed by atoms with van der Waals surface area (Å²) in [6.07, 6.45) is 0. The Bertz CT molecular complexity index is 349. The molecule has 0 spiro atoms. The number of nitrogens with one attached hydrogen (secondary N) is 2. The van der Waals surface area contributed by atoms with Crippen LogP contribution in [-0.2, 0) is 0 Å². The number of anilines is 1. The summed E-state index contributed by atoms with van der Waals surface area (Å²) in [5.74, 6) is 0. The molecule has 1 aromatic heterocycles. The maximum absolute atomic E-state index is 11.7. The summed E-state index contributed by atoms with van der Waals surface area (Å²) in [5, 5.41) is 7.85. The molecule has 0 aromatic carbocycles. The van der Waals surface area contributed by atoms with Gasteiger partial charge < -0.3 is 15.5 Å². The number of hydrogen-bond donors (Lipinski definition) is 2. The largest absolute Gasteiger partial charge is 0.322 e. The second kappa shape index (κ2) is 4.83. The van der Waals surface area contributed by atoms with Gasteiger partial charge in [0.25, 0.3) is 0 Å². The fourth-order valence-corrected chi connectivity index (χ4v) is 2.26. The molecule has 2 amide bonds. The number of carbonyl (C=O) groups is 1. The van der Waals surface area contributed by atoms with Crippen molar-refractivity contribution in [1.29, 1.82) is 0 Å². The molecule has 0 bridgehead atoms. The number of thiophene rings is 1. The summed E-state index contributed by atoms with van der Waals surface area (Å²) in [4.78, 5) is 13.5. The topological polar surface area (TPSA) is 44.4 Å². The number of rotatable bonds is 1. The molecule has 0 saturated carbocycles. The summed E-state index contributed by atoms with van der Waals surface area (Å²) < 4.78 is 0.686. The monoisotopic (exact) mass is 245 g/mol. The highest BCUT2D eigenvalue weighted by Crippen LogP contribution is 2.23. The van der Waals surface area contributed by atoms with Crippen molar-refractivity contribution in [1.82, 2.24) is 10.2 Å². The van der Waals surface area contributed by atoms with Gasteiger partial charge in [-0.05, 0) is 6.07 Å². The molecule has 1 aliphatic heterocycles. The molecule has 1 saturated heterocycles. The molecule has 2 N–H and O–H groups in total. The average Bonchev–Trinajstić information content (AvgIpc) is 2.65. The quantitative estimate of drug-likeness (QED) is 0.793. The first-order valence-electron chi connectivity index (χ1n) is 4.76. The van der Waals surface area contributed by atoms with Crippen LogP contribution in [0.1, 0.15) is 0 Å². The third kappa shape index (κ3) is 2.84. The predicted octanol–water partition coefficient (Wildman–Crippen LogP) is 1.84. The van der Waals surface area contributed by atoms with Gasteiger partial charge >= 0.3 is 6.03 Å². The highest BCUT2D eigenvalue weighted by Gasteiger charge is 2.16. The van der Waals surface area contributed by atoms with Crippen LogP contribution in [0.25, 0.3) is 0 Å². The van der Waals surface area contributed by atoms with Gasteiger partial charge in [0, 0.05) is 31.6 Å². The summed E-state index contributed by atoms with van der Waals surface area (Å²) in [5.41, 5.74) is 0.772. The normalized spacial score (nSPS) is 16.5. The summed E-state index contributed by atoms with van der Waals surface area (Å²) in [6.45, 7) is 3.23. The minimum Gasteiger partial charge on any atom is -0.322 e. The van der Waals surface area contributed by atoms with Gasteiger partial charge in [-0.15, -0.1) is 11.3 Å². The average molecular weight is 246 g/mol. The van der Waals surface area contributed by atoms with Gasteiger partial charge in [-0.1, -0.05) is 11.6 Å². The fourth-order valence-electron chi connectivity index (χ4n) is 1.45. The van der Waals surface area contributed by atoms with Crippen LogP contribution >= 0.6 is 22.9 Å². The lowest BCUT2D eigenvalue weighted by atomic mass is 10.4. The molecule has 1 aromatic rings. The second-order valence-corrected chi connectivity index (χ2v) is 4.85. The molecular weight excluding hydrogens is 234 g/mol. The zero-order valence-corrected chi connectivity index (χ0v) is 9.70. The van der Waals surface area contributed by atoms with E-state index in [0.29, 0.717) is 4.34 Å². The van der Waals surface area contributed by atoms with Crippen LogP contribution < -0.4 is 10.6 Å². The first-order valence-corrected chi connectivity index (χ1v) is 6.02. The zero-order valence-electron chi connectivity index (χ0n) is 8.12. The Labute approximate surface area is 97.2 Å². The van der Waals surface area contributed by atoms with Gasteiger partial charge in [0.2, 0.25) is 0 Å². The first-order chi connectivity index (χ1) is 7.25. The van der Waals surface area contributed by atoms with Crippen LogP contribution in [0.4, 0.5) is 10.5 Å². The van der Waals surface area contributed by atoms with Crippen LogP contribution in [0, 0.1) is 0 Å². The van der Waals surface area contributed by atoms with Crippen LogP contribution in [-0.4, -0.2) is 37.1 Å². The van der Waals surface area contributed by atoms with Gasteiger partial charge in [0.1, 0.15) is 0 Å². The van der Waals surface area contributed by atoms with E-state index in [9.17, 15) is 4.79 Å². The van der Waals surface area contributed by atoms with Gasteiger partial charge in [-0.3, -0.25) is 0 Å². The molecule has 0 radical (unpaired) electrons. The minimum absolute atomic E-state index is 0.0500. The van der Waals surface area contributed by atoms with Crippen LogP contribution in [0.3, 0.4) is 0 Å². The third-order valence-corrected chi connectivity index (χ3v) is 3.31. The Hall–Kier alpha value is -0.780. The molecule has 0 unspecified atom stereocenters. The zero-order chi connectivity index (χ0) is 10.7. The lowest BCUT2D eigenvalue weighted by Crippen LogP contribution is -2.48. The molecule has 1 fully saturated rings. The van der Waals surface area contributed by atoms with Gasteiger partial charge in [-0.25, -0.2) is 4.79 Å². The second-order valence-electron chi connectivity index (χ2n) is 3.31. The Kier molecular flexibility index (Phi) is 3.45. The summed E-state index contributed by atoms with van der Waals surface area (Å²) in [7, 11) is 0. The lowest BCUT2D eigenvalue weighted by Gasteiger charge is -2.27. The molecule has 2 rings (SSSR count). The van der Waals surface area contributed by atoms with E-state index in [1.807, 2.05) is 5.38 Å². The number of urea groups is 1. The molecule has 6 heteroatoms. The van der Waals surface area contributed by atoms with Crippen molar-refractivity contribution >= 4 is 34.7 Å². The minimum atomic E-state index is -0.0500. The molecule has 2 heterocycles. The molecule has 0 atom stereocenters. The van der Waals surface area contributed by atoms with Gasteiger partial charge in [-0.2, -0.15) is 0 Å². The molecule has 82 valence electrons. The number of amides is 2. The molecule has 15 heavy (non-hydrogen) atoms. The van der Waals surface area contributed by atoms with Crippen LogP contribution in [0.15, 0.2) is 11.4 Å². The third-order valence-electron chi connectivity index (χ3n) is 2.22. The van der Waals surface area contributed by atoms with Crippen molar-refractivity contribution in [3.8, 4) is 0 Å². The maximum Gasteiger partial charge on any atom is 0.321 e. The number of carbonyl (C=O) groups excluding carboxylic acids is 1.